The van der Waals surface area contributed by atoms with E-state index >= 15 is 0 Å². The molecule has 5 rings (SSSR count). The summed E-state index contributed by atoms with van der Waals surface area (Å²) < 4.78 is 37.7. The van der Waals surface area contributed by atoms with Crippen molar-refractivity contribution in [2.75, 3.05) is 19.2 Å². The topological polar surface area (TPSA) is 93.7 Å². The molecule has 178 valence electrons. The summed E-state index contributed by atoms with van der Waals surface area (Å²) in [6, 6.07) is 16.7. The van der Waals surface area contributed by atoms with Crippen molar-refractivity contribution < 1.29 is 24.1 Å². The third kappa shape index (κ3) is 3.82. The molecule has 0 unspecified atom stereocenters. The van der Waals surface area contributed by atoms with Crippen LogP contribution in [-0.2, 0) is 20.2 Å². The lowest BCUT2D eigenvalue weighted by Crippen LogP contribution is -2.27. The summed E-state index contributed by atoms with van der Waals surface area (Å²) >= 11 is 0. The lowest BCUT2D eigenvalue weighted by molar-refractivity contribution is -0.118. The summed E-state index contributed by atoms with van der Waals surface area (Å²) in [5, 5.41) is 3.09. The van der Waals surface area contributed by atoms with Gasteiger partial charge in [-0.2, -0.15) is 0 Å². The van der Waals surface area contributed by atoms with Crippen molar-refractivity contribution in [1.82, 2.24) is 4.72 Å². The van der Waals surface area contributed by atoms with Gasteiger partial charge in [0.1, 0.15) is 0 Å². The van der Waals surface area contributed by atoms with Crippen molar-refractivity contribution in [2.24, 2.45) is 0 Å². The molecule has 2 N–H and O–H groups in total. The molecule has 1 aliphatic carbocycles. The lowest BCUT2D eigenvalue weighted by atomic mass is 9.94. The average molecular weight is 481 g/mol. The Kier molecular flexibility index (Phi) is 5.37. The number of hydrogen-bond donors (Lipinski definition) is 2. The Bertz CT molecular complexity index is 1420. The Morgan fingerprint density at radius 1 is 0.941 bits per heavy atom. The minimum Gasteiger partial charge on any atom is -0.454 e. The third-order valence-electron chi connectivity index (χ3n) is 6.65. The molecule has 8 heteroatoms. The largest absolute Gasteiger partial charge is 0.454 e. The fraction of sp³-hybridized carbons (Fsp3) is 0.269. The molecule has 7 nitrogen and oxygen atoms in total. The quantitative estimate of drug-likeness (QED) is 0.541. The minimum absolute atomic E-state index is 0. The van der Waals surface area contributed by atoms with Crippen LogP contribution in [0.1, 0.15) is 31.0 Å². The number of rotatable bonds is 6. The number of nitrogens with one attached hydrogen (secondary N) is 2. The number of hydrogen-bond acceptors (Lipinski definition) is 5. The van der Waals surface area contributed by atoms with Gasteiger partial charge in [0.15, 0.2) is 11.5 Å². The summed E-state index contributed by atoms with van der Waals surface area (Å²) in [5.41, 5.74) is 4.56. The Hall–Kier alpha value is -3.36. The second-order valence-corrected chi connectivity index (χ2v) is 10.7. The molecule has 1 amide bonds. The maximum atomic E-state index is 13.3. The van der Waals surface area contributed by atoms with Crippen molar-refractivity contribution >= 4 is 21.6 Å². The Morgan fingerprint density at radius 3 is 2.41 bits per heavy atom. The summed E-state index contributed by atoms with van der Waals surface area (Å²) in [6.45, 7) is 3.96. The Morgan fingerprint density at radius 2 is 1.71 bits per heavy atom. The van der Waals surface area contributed by atoms with Gasteiger partial charge in [-0.25, -0.2) is 13.1 Å². The zero-order valence-electron chi connectivity index (χ0n) is 19.3. The van der Waals surface area contributed by atoms with E-state index in [9.17, 15) is 13.2 Å². The van der Waals surface area contributed by atoms with Gasteiger partial charge in [-0.15, -0.1) is 0 Å². The van der Waals surface area contributed by atoms with E-state index in [-0.39, 0.29) is 19.0 Å². The van der Waals surface area contributed by atoms with E-state index in [0.29, 0.717) is 22.7 Å². The van der Waals surface area contributed by atoms with Crippen LogP contribution >= 0.6 is 0 Å². The molecule has 34 heavy (non-hydrogen) atoms. The maximum absolute atomic E-state index is 13.3. The van der Waals surface area contributed by atoms with Crippen molar-refractivity contribution in [1.29, 1.82) is 0 Å². The Labute approximate surface area is 200 Å². The monoisotopic (exact) mass is 480 g/mol. The van der Waals surface area contributed by atoms with E-state index in [0.717, 1.165) is 35.1 Å². The highest BCUT2D eigenvalue weighted by molar-refractivity contribution is 7.89. The van der Waals surface area contributed by atoms with Crippen LogP contribution in [0.2, 0.25) is 0 Å². The van der Waals surface area contributed by atoms with Gasteiger partial charge in [-0.3, -0.25) is 4.79 Å². The summed E-state index contributed by atoms with van der Waals surface area (Å²) in [5.74, 6) is 1.33. The smallest absolute Gasteiger partial charge is 0.240 e. The maximum Gasteiger partial charge on any atom is 0.240 e. The van der Waals surface area contributed by atoms with Crippen LogP contribution in [0.4, 0.5) is 5.69 Å². The second-order valence-electron chi connectivity index (χ2n) is 8.82. The van der Waals surface area contributed by atoms with Crippen LogP contribution in [0.5, 0.6) is 11.5 Å². The van der Waals surface area contributed by atoms with E-state index < -0.39 is 15.4 Å². The zero-order chi connectivity index (χ0) is 24.1. The van der Waals surface area contributed by atoms with Gasteiger partial charge in [-0.1, -0.05) is 24.3 Å². The molecule has 0 radical (unpaired) electrons. The molecule has 1 heterocycles. The fourth-order valence-electron chi connectivity index (χ4n) is 4.46. The average Bonchev–Trinajstić information content (AvgIpc) is 3.51. The molecule has 1 fully saturated rings. The normalized spacial score (nSPS) is 15.7. The number of anilines is 1. The van der Waals surface area contributed by atoms with Crippen molar-refractivity contribution in [3.05, 3.63) is 71.3 Å². The van der Waals surface area contributed by atoms with Crippen LogP contribution in [0.15, 0.2) is 59.5 Å². The number of fused-ring (bicyclic) bond motifs is 1. The first kappa shape index (κ1) is 22.4. The molecule has 0 saturated heterocycles. The highest BCUT2D eigenvalue weighted by Gasteiger charge is 2.51. The van der Waals surface area contributed by atoms with Crippen molar-refractivity contribution in [2.45, 2.75) is 37.0 Å². The van der Waals surface area contributed by atoms with Crippen molar-refractivity contribution in [3.8, 4) is 22.6 Å². The van der Waals surface area contributed by atoms with E-state index in [1.165, 1.54) is 7.05 Å². The predicted octanol–water partition coefficient (Wildman–Crippen LogP) is 4.52. The number of aryl methyl sites for hydroxylation is 2. The summed E-state index contributed by atoms with van der Waals surface area (Å²) in [4.78, 5) is 13.6. The molecule has 0 bridgehead atoms. The molecular weight excluding hydrogens is 452 g/mol. The fourth-order valence-corrected chi connectivity index (χ4v) is 5.41. The van der Waals surface area contributed by atoms with Crippen LogP contribution in [0, 0.1) is 13.8 Å². The molecule has 2 aliphatic rings. The third-order valence-corrected chi connectivity index (χ3v) is 8.22. The van der Waals surface area contributed by atoms with Gasteiger partial charge in [0, 0.05) is 7.11 Å². The molecular formula is C26H28N2O5S. The highest BCUT2D eigenvalue weighted by Crippen LogP contribution is 2.51. The van der Waals surface area contributed by atoms with Gasteiger partial charge in [-0.05, 0) is 91.9 Å². The molecule has 0 spiro atoms. The molecule has 1 saturated carbocycles. The minimum atomic E-state index is -3.53. The standard InChI is InChI=1S/C26H26N2O5S.H2/c1-16-4-7-20(14-21(16)18-5-9-24(17(2)12-18)34(30,31)27-3)28-25(29)26(10-11-26)19-6-8-22-23(13-19)33-15-32-22;/h4-9,12-14,27H,10-11,15H2,1-3H3,(H,28,29);1H. The highest BCUT2D eigenvalue weighted by atomic mass is 32.2. The van der Waals surface area contributed by atoms with Gasteiger partial charge >= 0.3 is 0 Å². The van der Waals surface area contributed by atoms with Gasteiger partial charge in [0.2, 0.25) is 22.7 Å². The van der Waals surface area contributed by atoms with E-state index in [1.807, 2.05) is 49.4 Å². The predicted molar refractivity (Wildman–Crippen MR) is 132 cm³/mol. The van der Waals surface area contributed by atoms with E-state index in [4.69, 9.17) is 9.47 Å². The SMILES string of the molecule is CNS(=O)(=O)c1ccc(-c2cc(NC(=O)C3(c4ccc5c(c4)OCO5)CC3)ccc2C)cc1C.[HH]. The molecule has 0 atom stereocenters. The van der Waals surface area contributed by atoms with E-state index in [2.05, 4.69) is 10.0 Å². The van der Waals surface area contributed by atoms with Gasteiger partial charge in [0.05, 0.1) is 10.3 Å². The zero-order valence-corrected chi connectivity index (χ0v) is 20.1. The van der Waals surface area contributed by atoms with E-state index in [1.54, 1.807) is 19.1 Å². The van der Waals surface area contributed by atoms with Crippen LogP contribution in [0.3, 0.4) is 0 Å². The second kappa shape index (κ2) is 8.14. The van der Waals surface area contributed by atoms with Gasteiger partial charge in [0.25, 0.3) is 0 Å². The number of amides is 1. The molecule has 3 aromatic rings. The Balaban J connectivity index is 0.00000289. The van der Waals surface area contributed by atoms with Crippen molar-refractivity contribution in [3.63, 3.8) is 0 Å². The van der Waals surface area contributed by atoms with Crippen LogP contribution < -0.4 is 19.5 Å². The number of benzene rings is 3. The summed E-state index contributed by atoms with van der Waals surface area (Å²) in [7, 11) is -2.13. The van der Waals surface area contributed by atoms with Gasteiger partial charge < -0.3 is 14.8 Å². The number of ether oxygens (including phenoxy) is 2. The number of carbonyl (C=O) groups excluding carboxylic acids is 1. The van der Waals surface area contributed by atoms with Crippen LogP contribution in [-0.4, -0.2) is 28.2 Å². The van der Waals surface area contributed by atoms with Crippen LogP contribution in [0.25, 0.3) is 11.1 Å². The lowest BCUT2D eigenvalue weighted by Gasteiger charge is -2.18. The number of sulfonamides is 1. The molecule has 3 aromatic carbocycles. The first-order valence-corrected chi connectivity index (χ1v) is 12.6. The number of carbonyl (C=O) groups is 1. The summed E-state index contributed by atoms with van der Waals surface area (Å²) in [6.07, 6.45) is 1.55. The molecule has 1 aliphatic heterocycles. The molecule has 0 aromatic heterocycles. The first-order chi connectivity index (χ1) is 16.2. The first-order valence-electron chi connectivity index (χ1n) is 11.1.